The van der Waals surface area contributed by atoms with E-state index in [-0.39, 0.29) is 0 Å². The van der Waals surface area contributed by atoms with Crippen molar-refractivity contribution < 1.29 is 0 Å². The van der Waals surface area contributed by atoms with E-state index < -0.39 is 0 Å². The Hall–Kier alpha value is 0.170. The fraction of sp³-hybridized carbons (Fsp3) is 0.231. The number of hydrogen-bond acceptors (Lipinski definition) is 1. The van der Waals surface area contributed by atoms with Gasteiger partial charge in [0.1, 0.15) is 0 Å². The Morgan fingerprint density at radius 1 is 1.35 bits per heavy atom. The Bertz CT molecular complexity index is 502. The summed E-state index contributed by atoms with van der Waals surface area (Å²) in [5, 5.41) is 0.791. The predicted molar refractivity (Wildman–Crippen MR) is 83.6 cm³/mol. The van der Waals surface area contributed by atoms with Crippen molar-refractivity contribution >= 4 is 54.8 Å². The Kier molecular flexibility index (Phi) is 4.70. The summed E-state index contributed by atoms with van der Waals surface area (Å²) in [6, 6.07) is 10.5. The van der Waals surface area contributed by atoms with E-state index in [1.165, 1.54) is 16.0 Å². The number of thiophene rings is 1. The predicted octanol–water partition coefficient (Wildman–Crippen LogP) is 6.15. The molecule has 0 nitrogen and oxygen atoms in total. The first-order valence-electron chi connectivity index (χ1n) is 5.21. The summed E-state index contributed by atoms with van der Waals surface area (Å²) in [5.74, 6) is 0. The van der Waals surface area contributed by atoms with Gasteiger partial charge in [0, 0.05) is 4.88 Å². The fourth-order valence-corrected chi connectivity index (χ4v) is 4.14. The molecule has 0 amide bonds. The lowest BCUT2D eigenvalue weighted by molar-refractivity contribution is 0.957. The SMILES string of the molecule is Cc1ccccc1CC(Br)c1cc(Cl)c(Br)s1. The highest BCUT2D eigenvalue weighted by Crippen LogP contribution is 2.39. The molecule has 0 bridgehead atoms. The second kappa shape index (κ2) is 5.87. The number of rotatable bonds is 3. The van der Waals surface area contributed by atoms with Crippen LogP contribution in [0.25, 0.3) is 0 Å². The van der Waals surface area contributed by atoms with E-state index in [1.54, 1.807) is 11.3 Å². The molecule has 2 aromatic rings. The minimum absolute atomic E-state index is 0.317. The molecule has 0 N–H and O–H groups in total. The highest BCUT2D eigenvalue weighted by molar-refractivity contribution is 9.11. The lowest BCUT2D eigenvalue weighted by Crippen LogP contribution is -1.95. The first-order chi connectivity index (χ1) is 8.08. The molecule has 1 unspecified atom stereocenters. The Morgan fingerprint density at radius 2 is 2.06 bits per heavy atom. The lowest BCUT2D eigenvalue weighted by Gasteiger charge is -2.09. The number of alkyl halides is 1. The van der Waals surface area contributed by atoms with Gasteiger partial charge in [-0.3, -0.25) is 0 Å². The molecule has 90 valence electrons. The summed E-state index contributed by atoms with van der Waals surface area (Å²) >= 11 is 14.9. The molecule has 1 aromatic heterocycles. The van der Waals surface area contributed by atoms with Crippen LogP contribution in [0.3, 0.4) is 0 Å². The molecule has 0 aliphatic rings. The van der Waals surface area contributed by atoms with E-state index in [4.69, 9.17) is 11.6 Å². The summed E-state index contributed by atoms with van der Waals surface area (Å²) in [4.78, 5) is 1.57. The monoisotopic (exact) mass is 392 g/mol. The van der Waals surface area contributed by atoms with Gasteiger partial charge in [-0.15, -0.1) is 11.3 Å². The van der Waals surface area contributed by atoms with Crippen LogP contribution in [0.5, 0.6) is 0 Å². The second-order valence-electron chi connectivity index (χ2n) is 3.87. The zero-order valence-electron chi connectivity index (χ0n) is 9.21. The van der Waals surface area contributed by atoms with E-state index >= 15 is 0 Å². The molecule has 4 heteroatoms. The zero-order valence-corrected chi connectivity index (χ0v) is 14.0. The number of benzene rings is 1. The van der Waals surface area contributed by atoms with Crippen LogP contribution >= 0.6 is 54.8 Å². The molecule has 1 atom stereocenters. The van der Waals surface area contributed by atoms with Crippen LogP contribution in [-0.4, -0.2) is 0 Å². The minimum atomic E-state index is 0.317. The van der Waals surface area contributed by atoms with E-state index in [9.17, 15) is 0 Å². The lowest BCUT2D eigenvalue weighted by atomic mass is 10.0. The topological polar surface area (TPSA) is 0 Å². The third-order valence-corrected chi connectivity index (χ3v) is 6.34. The first-order valence-corrected chi connectivity index (χ1v) is 8.11. The van der Waals surface area contributed by atoms with Crippen molar-refractivity contribution in [2.24, 2.45) is 0 Å². The van der Waals surface area contributed by atoms with Crippen molar-refractivity contribution in [2.45, 2.75) is 18.2 Å². The number of halogens is 3. The summed E-state index contributed by atoms with van der Waals surface area (Å²) in [5.41, 5.74) is 2.70. The van der Waals surface area contributed by atoms with Gasteiger partial charge in [0.25, 0.3) is 0 Å². The van der Waals surface area contributed by atoms with Crippen LogP contribution in [0.1, 0.15) is 20.8 Å². The summed E-state index contributed by atoms with van der Waals surface area (Å²) in [6.07, 6.45) is 0.982. The Morgan fingerprint density at radius 3 is 2.65 bits per heavy atom. The molecular weight excluding hydrogens is 383 g/mol. The highest BCUT2D eigenvalue weighted by atomic mass is 79.9. The number of hydrogen-bond donors (Lipinski definition) is 0. The molecule has 0 saturated carbocycles. The van der Waals surface area contributed by atoms with Gasteiger partial charge in [0.2, 0.25) is 0 Å². The standard InChI is InChI=1S/C13H11Br2ClS/c1-8-4-2-3-5-9(8)6-10(14)12-7-11(16)13(15)17-12/h2-5,7,10H,6H2,1H3. The van der Waals surface area contributed by atoms with Crippen LogP contribution in [-0.2, 0) is 6.42 Å². The smallest absolute Gasteiger partial charge is 0.0887 e. The van der Waals surface area contributed by atoms with Crippen molar-refractivity contribution in [1.82, 2.24) is 0 Å². The van der Waals surface area contributed by atoms with Crippen LogP contribution in [0.15, 0.2) is 34.1 Å². The van der Waals surface area contributed by atoms with Gasteiger partial charge in [-0.25, -0.2) is 0 Å². The molecule has 0 aliphatic carbocycles. The first kappa shape index (κ1) is 13.6. The quantitative estimate of drug-likeness (QED) is 0.548. The van der Waals surface area contributed by atoms with Gasteiger partial charge in [0.05, 0.1) is 13.6 Å². The molecule has 17 heavy (non-hydrogen) atoms. The summed E-state index contributed by atoms with van der Waals surface area (Å²) < 4.78 is 1.00. The summed E-state index contributed by atoms with van der Waals surface area (Å²) in [6.45, 7) is 2.15. The van der Waals surface area contributed by atoms with Crippen molar-refractivity contribution in [3.63, 3.8) is 0 Å². The van der Waals surface area contributed by atoms with Crippen molar-refractivity contribution in [3.05, 3.63) is 55.1 Å². The summed E-state index contributed by atoms with van der Waals surface area (Å²) in [7, 11) is 0. The van der Waals surface area contributed by atoms with Crippen molar-refractivity contribution in [3.8, 4) is 0 Å². The molecule has 0 saturated heterocycles. The molecule has 0 spiro atoms. The van der Waals surface area contributed by atoms with Gasteiger partial charge >= 0.3 is 0 Å². The maximum absolute atomic E-state index is 6.05. The third kappa shape index (κ3) is 3.34. The maximum atomic E-state index is 6.05. The van der Waals surface area contributed by atoms with Gasteiger partial charge in [-0.2, -0.15) is 0 Å². The van der Waals surface area contributed by atoms with E-state index in [0.717, 1.165) is 15.2 Å². The van der Waals surface area contributed by atoms with Crippen LogP contribution in [0, 0.1) is 6.92 Å². The Labute approximate surface area is 127 Å². The average molecular weight is 395 g/mol. The second-order valence-corrected chi connectivity index (χ2v) is 7.78. The van der Waals surface area contributed by atoms with E-state index in [1.807, 2.05) is 6.07 Å². The molecule has 1 aromatic carbocycles. The molecular formula is C13H11Br2ClS. The largest absolute Gasteiger partial charge is 0.130 e. The third-order valence-electron chi connectivity index (χ3n) is 2.63. The fourth-order valence-electron chi connectivity index (χ4n) is 1.65. The molecule has 0 fully saturated rings. The average Bonchev–Trinajstić information content (AvgIpc) is 2.63. The van der Waals surface area contributed by atoms with Crippen LogP contribution < -0.4 is 0 Å². The highest BCUT2D eigenvalue weighted by Gasteiger charge is 2.14. The van der Waals surface area contributed by atoms with Gasteiger partial charge in [-0.1, -0.05) is 51.8 Å². The van der Waals surface area contributed by atoms with E-state index in [0.29, 0.717) is 4.83 Å². The van der Waals surface area contributed by atoms with E-state index in [2.05, 4.69) is 63.0 Å². The Balaban J connectivity index is 2.17. The van der Waals surface area contributed by atoms with Crippen molar-refractivity contribution in [1.29, 1.82) is 0 Å². The van der Waals surface area contributed by atoms with Crippen LogP contribution in [0.2, 0.25) is 5.02 Å². The minimum Gasteiger partial charge on any atom is -0.130 e. The molecule has 1 heterocycles. The molecule has 0 radical (unpaired) electrons. The molecule has 0 aliphatic heterocycles. The maximum Gasteiger partial charge on any atom is 0.0887 e. The van der Waals surface area contributed by atoms with Gasteiger partial charge in [-0.05, 0) is 46.5 Å². The number of aryl methyl sites for hydroxylation is 1. The van der Waals surface area contributed by atoms with Gasteiger partial charge < -0.3 is 0 Å². The van der Waals surface area contributed by atoms with Crippen LogP contribution in [0.4, 0.5) is 0 Å². The van der Waals surface area contributed by atoms with Gasteiger partial charge in [0.15, 0.2) is 0 Å². The molecule has 2 rings (SSSR count). The van der Waals surface area contributed by atoms with Crippen molar-refractivity contribution in [2.75, 3.05) is 0 Å². The normalized spacial score (nSPS) is 12.7. The zero-order chi connectivity index (χ0) is 12.4.